The van der Waals surface area contributed by atoms with E-state index in [1.165, 1.54) is 96.3 Å². The van der Waals surface area contributed by atoms with Crippen molar-refractivity contribution >= 4 is 7.72 Å². The summed E-state index contributed by atoms with van der Waals surface area (Å²) in [5.74, 6) is 0. The van der Waals surface area contributed by atoms with Crippen LogP contribution in [0.3, 0.4) is 0 Å². The van der Waals surface area contributed by atoms with E-state index < -0.39 is 7.72 Å². The summed E-state index contributed by atoms with van der Waals surface area (Å²) in [5.41, 5.74) is 0.129. The molecule has 3 heteroatoms. The summed E-state index contributed by atoms with van der Waals surface area (Å²) in [4.78, 5) is 19.8. The second-order valence-corrected chi connectivity index (χ2v) is 11.7. The van der Waals surface area contributed by atoms with Crippen LogP contribution in [-0.2, 0) is 0 Å². The number of hydrogen-bond donors (Lipinski definition) is 2. The van der Waals surface area contributed by atoms with Crippen LogP contribution in [0.5, 0.6) is 0 Å². The predicted molar refractivity (Wildman–Crippen MR) is 117 cm³/mol. The molecule has 0 radical (unpaired) electrons. The third-order valence-corrected chi connectivity index (χ3v) is 8.71. The molecule has 1 atom stereocenters. The van der Waals surface area contributed by atoms with Gasteiger partial charge in [0.05, 0.1) is 0 Å². The van der Waals surface area contributed by atoms with Gasteiger partial charge >= 0.3 is 114 Å². The maximum atomic E-state index is 9.91. The SMILES string of the molecule is CCCCCCCCCCCCCCCCCCC(C)[PH](O)(O)CC. The Morgan fingerprint density at radius 1 is 0.560 bits per heavy atom. The molecule has 0 aromatic rings. The zero-order chi connectivity index (χ0) is 18.8. The van der Waals surface area contributed by atoms with Crippen LogP contribution in [0.1, 0.15) is 130 Å². The third kappa shape index (κ3) is 16.3. The quantitative estimate of drug-likeness (QED) is 0.180. The van der Waals surface area contributed by atoms with Crippen molar-refractivity contribution in [2.75, 3.05) is 6.16 Å². The number of hydrogen-bond acceptors (Lipinski definition) is 2. The fourth-order valence-corrected chi connectivity index (χ4v) is 4.94. The van der Waals surface area contributed by atoms with E-state index in [1.807, 2.05) is 13.8 Å². The monoisotopic (exact) mass is 376 g/mol. The topological polar surface area (TPSA) is 40.5 Å². The summed E-state index contributed by atoms with van der Waals surface area (Å²) in [6, 6.07) is 0. The van der Waals surface area contributed by atoms with Gasteiger partial charge in [0.25, 0.3) is 0 Å². The zero-order valence-electron chi connectivity index (χ0n) is 17.7. The van der Waals surface area contributed by atoms with Crippen LogP contribution in [0, 0.1) is 0 Å². The van der Waals surface area contributed by atoms with Crippen molar-refractivity contribution in [2.45, 2.75) is 136 Å². The molecule has 0 saturated heterocycles. The van der Waals surface area contributed by atoms with Crippen LogP contribution in [0.4, 0.5) is 0 Å². The first-order valence-corrected chi connectivity index (χ1v) is 13.7. The Balaban J connectivity index is 3.17. The predicted octanol–water partition coefficient (Wildman–Crippen LogP) is 7.61. The first-order chi connectivity index (χ1) is 12.0. The standard InChI is InChI=1S/C22H49O2P/c1-4-6-7-8-9-10-11-12-13-14-15-16-17-18-19-20-21-22(3)25(23,24)5-2/h22-25H,4-21H2,1-3H3. The van der Waals surface area contributed by atoms with Gasteiger partial charge in [0.2, 0.25) is 0 Å². The minimum atomic E-state index is -2.89. The molecule has 0 aliphatic heterocycles. The van der Waals surface area contributed by atoms with E-state index in [0.29, 0.717) is 6.16 Å². The van der Waals surface area contributed by atoms with Crippen LogP contribution >= 0.6 is 7.72 Å². The molecular weight excluding hydrogens is 327 g/mol. The molecule has 1 unspecified atom stereocenters. The Morgan fingerprint density at radius 2 is 0.880 bits per heavy atom. The average molecular weight is 377 g/mol. The van der Waals surface area contributed by atoms with Gasteiger partial charge in [-0.2, -0.15) is 0 Å². The second kappa shape index (κ2) is 17.7. The van der Waals surface area contributed by atoms with E-state index in [4.69, 9.17) is 0 Å². The zero-order valence-corrected chi connectivity index (χ0v) is 18.7. The second-order valence-electron chi connectivity index (χ2n) is 8.23. The molecule has 0 saturated carbocycles. The van der Waals surface area contributed by atoms with E-state index in [1.54, 1.807) is 0 Å². The van der Waals surface area contributed by atoms with Crippen molar-refractivity contribution in [3.63, 3.8) is 0 Å². The summed E-state index contributed by atoms with van der Waals surface area (Å²) < 4.78 is 0. The van der Waals surface area contributed by atoms with Gasteiger partial charge in [-0.1, -0.05) is 45.4 Å². The molecule has 0 heterocycles. The molecule has 0 fully saturated rings. The van der Waals surface area contributed by atoms with Gasteiger partial charge in [-0.3, -0.25) is 0 Å². The molecule has 154 valence electrons. The van der Waals surface area contributed by atoms with Crippen molar-refractivity contribution < 1.29 is 9.79 Å². The molecule has 2 N–H and O–H groups in total. The van der Waals surface area contributed by atoms with Crippen molar-refractivity contribution in [1.82, 2.24) is 0 Å². The van der Waals surface area contributed by atoms with E-state index >= 15 is 0 Å². The molecule has 0 rings (SSSR count). The Labute approximate surface area is 159 Å². The third-order valence-electron chi connectivity index (χ3n) is 5.80. The van der Waals surface area contributed by atoms with Gasteiger partial charge in [0, 0.05) is 0 Å². The van der Waals surface area contributed by atoms with Gasteiger partial charge in [0.1, 0.15) is 0 Å². The molecule has 0 amide bonds. The Morgan fingerprint density at radius 3 is 1.20 bits per heavy atom. The molecule has 0 aliphatic carbocycles. The van der Waals surface area contributed by atoms with Gasteiger partial charge in [-0.15, -0.1) is 0 Å². The molecule has 0 spiro atoms. The van der Waals surface area contributed by atoms with Gasteiger partial charge in [-0.05, 0) is 0 Å². The van der Waals surface area contributed by atoms with E-state index in [-0.39, 0.29) is 5.66 Å². The van der Waals surface area contributed by atoms with Gasteiger partial charge < -0.3 is 0 Å². The number of rotatable bonds is 19. The van der Waals surface area contributed by atoms with E-state index in [0.717, 1.165) is 12.8 Å². The van der Waals surface area contributed by atoms with Crippen molar-refractivity contribution in [1.29, 1.82) is 0 Å². The van der Waals surface area contributed by atoms with Crippen LogP contribution in [0.2, 0.25) is 0 Å². The molecule has 2 nitrogen and oxygen atoms in total. The fourth-order valence-electron chi connectivity index (χ4n) is 3.58. The maximum absolute atomic E-state index is 9.91. The van der Waals surface area contributed by atoms with Crippen molar-refractivity contribution in [2.24, 2.45) is 0 Å². The van der Waals surface area contributed by atoms with Crippen molar-refractivity contribution in [3.05, 3.63) is 0 Å². The summed E-state index contributed by atoms with van der Waals surface area (Å²) in [6.07, 6.45) is 23.8. The van der Waals surface area contributed by atoms with E-state index in [2.05, 4.69) is 6.92 Å². The molecule has 0 bridgehead atoms. The summed E-state index contributed by atoms with van der Waals surface area (Å²) in [5, 5.41) is 0. The normalized spacial score (nSPS) is 14.0. The molecule has 25 heavy (non-hydrogen) atoms. The summed E-state index contributed by atoms with van der Waals surface area (Å²) >= 11 is 0. The first-order valence-electron chi connectivity index (χ1n) is 11.5. The fraction of sp³-hybridized carbons (Fsp3) is 1.00. The van der Waals surface area contributed by atoms with Crippen LogP contribution in [0.15, 0.2) is 0 Å². The summed E-state index contributed by atoms with van der Waals surface area (Å²) in [7, 11) is -2.89. The molecular formula is C22H49O2P. The van der Waals surface area contributed by atoms with Gasteiger partial charge in [0.15, 0.2) is 0 Å². The Bertz CT molecular complexity index is 269. The Kier molecular flexibility index (Phi) is 18.0. The number of unbranched alkanes of at least 4 members (excludes halogenated alkanes) is 15. The Hall–Kier alpha value is 0.350. The van der Waals surface area contributed by atoms with Crippen LogP contribution in [0.25, 0.3) is 0 Å². The van der Waals surface area contributed by atoms with Gasteiger partial charge in [-0.25, -0.2) is 0 Å². The molecule has 0 aromatic carbocycles. The van der Waals surface area contributed by atoms with Crippen molar-refractivity contribution in [3.8, 4) is 0 Å². The van der Waals surface area contributed by atoms with E-state index in [9.17, 15) is 9.79 Å². The minimum absolute atomic E-state index is 0.129. The average Bonchev–Trinajstić information content (AvgIpc) is 2.61. The summed E-state index contributed by atoms with van der Waals surface area (Å²) in [6.45, 7) is 6.20. The molecule has 0 aromatic heterocycles. The van der Waals surface area contributed by atoms with Crippen LogP contribution < -0.4 is 0 Å². The van der Waals surface area contributed by atoms with Crippen LogP contribution in [-0.4, -0.2) is 21.6 Å². The first kappa shape index (κ1) is 25.4. The molecule has 0 aliphatic rings.